The number of nitrogens with zero attached hydrogens (tertiary/aromatic N) is 4. The van der Waals surface area contributed by atoms with Crippen molar-refractivity contribution in [3.05, 3.63) is 33.2 Å². The van der Waals surface area contributed by atoms with Gasteiger partial charge in [-0.05, 0) is 30.5 Å². The summed E-state index contributed by atoms with van der Waals surface area (Å²) >= 11 is 3.25. The molecule has 80 valence electrons. The standard InChI is InChI=1S/C10H8N4S2/c1-7-11-12-10-14(7)13-9(16-10)5-4-8-3-2-6-15-8/h2-6H,1H3. The minimum atomic E-state index is 0.821. The molecule has 3 aromatic heterocycles. The van der Waals surface area contributed by atoms with E-state index in [1.54, 1.807) is 15.9 Å². The van der Waals surface area contributed by atoms with E-state index in [0.717, 1.165) is 15.8 Å². The Bertz CT molecular complexity index is 633. The molecule has 4 nitrogen and oxygen atoms in total. The topological polar surface area (TPSA) is 43.1 Å². The van der Waals surface area contributed by atoms with Crippen LogP contribution in [0.25, 0.3) is 17.1 Å². The summed E-state index contributed by atoms with van der Waals surface area (Å²) in [6.45, 7) is 1.90. The first kappa shape index (κ1) is 9.68. The molecule has 3 heterocycles. The van der Waals surface area contributed by atoms with E-state index in [4.69, 9.17) is 0 Å². The van der Waals surface area contributed by atoms with E-state index in [1.165, 1.54) is 16.2 Å². The van der Waals surface area contributed by atoms with Gasteiger partial charge in [-0.2, -0.15) is 9.61 Å². The summed E-state index contributed by atoms with van der Waals surface area (Å²) < 4.78 is 1.76. The van der Waals surface area contributed by atoms with Crippen LogP contribution in [0.1, 0.15) is 15.7 Å². The molecule has 0 saturated heterocycles. The highest BCUT2D eigenvalue weighted by molar-refractivity contribution is 7.17. The van der Waals surface area contributed by atoms with Gasteiger partial charge in [0.15, 0.2) is 5.82 Å². The highest BCUT2D eigenvalue weighted by atomic mass is 32.1. The third-order valence-electron chi connectivity index (χ3n) is 2.10. The second-order valence-corrected chi connectivity index (χ2v) is 5.20. The lowest BCUT2D eigenvalue weighted by Crippen LogP contribution is -1.87. The summed E-state index contributed by atoms with van der Waals surface area (Å²) in [5, 5.41) is 15.4. The van der Waals surface area contributed by atoms with Gasteiger partial charge >= 0.3 is 0 Å². The Hall–Kier alpha value is -1.53. The Morgan fingerprint density at radius 1 is 1.31 bits per heavy atom. The van der Waals surface area contributed by atoms with Crippen LogP contribution in [-0.2, 0) is 0 Å². The first-order chi connectivity index (χ1) is 7.83. The van der Waals surface area contributed by atoms with Crippen molar-refractivity contribution < 1.29 is 0 Å². The second kappa shape index (κ2) is 3.80. The maximum absolute atomic E-state index is 4.40. The summed E-state index contributed by atoms with van der Waals surface area (Å²) in [7, 11) is 0. The van der Waals surface area contributed by atoms with Crippen LogP contribution in [0.5, 0.6) is 0 Å². The molecular formula is C10H8N4S2. The van der Waals surface area contributed by atoms with Gasteiger partial charge in [0.1, 0.15) is 5.01 Å². The average Bonchev–Trinajstić information content (AvgIpc) is 2.95. The molecule has 0 atom stereocenters. The summed E-state index contributed by atoms with van der Waals surface area (Å²) in [5.74, 6) is 0.821. The Balaban J connectivity index is 1.95. The van der Waals surface area contributed by atoms with Crippen LogP contribution in [0.15, 0.2) is 17.5 Å². The lowest BCUT2D eigenvalue weighted by molar-refractivity contribution is 0.890. The van der Waals surface area contributed by atoms with Crippen molar-refractivity contribution in [2.45, 2.75) is 6.92 Å². The van der Waals surface area contributed by atoms with E-state index in [1.807, 2.05) is 19.1 Å². The normalized spacial score (nSPS) is 11.8. The van der Waals surface area contributed by atoms with Crippen LogP contribution < -0.4 is 0 Å². The minimum absolute atomic E-state index is 0.821. The van der Waals surface area contributed by atoms with E-state index in [9.17, 15) is 0 Å². The van der Waals surface area contributed by atoms with Crippen molar-refractivity contribution in [1.82, 2.24) is 19.8 Å². The molecule has 3 aromatic rings. The fourth-order valence-corrected chi connectivity index (χ4v) is 2.74. The number of aromatic nitrogens is 4. The molecule has 0 aromatic carbocycles. The van der Waals surface area contributed by atoms with E-state index in [-0.39, 0.29) is 0 Å². The number of fused-ring (bicyclic) bond motifs is 1. The van der Waals surface area contributed by atoms with Crippen LogP contribution in [0.3, 0.4) is 0 Å². The summed E-state index contributed by atoms with van der Waals surface area (Å²) in [6.07, 6.45) is 4.07. The van der Waals surface area contributed by atoms with Crippen molar-refractivity contribution >= 4 is 39.8 Å². The zero-order chi connectivity index (χ0) is 11.0. The minimum Gasteiger partial charge on any atom is -0.187 e. The van der Waals surface area contributed by atoms with Crippen LogP contribution in [-0.4, -0.2) is 19.8 Å². The van der Waals surface area contributed by atoms with Crippen LogP contribution >= 0.6 is 22.7 Å². The molecule has 16 heavy (non-hydrogen) atoms. The number of hydrogen-bond donors (Lipinski definition) is 0. The van der Waals surface area contributed by atoms with Crippen molar-refractivity contribution in [3.8, 4) is 0 Å². The Labute approximate surface area is 99.9 Å². The second-order valence-electron chi connectivity index (χ2n) is 3.23. The van der Waals surface area contributed by atoms with Gasteiger partial charge in [0.25, 0.3) is 0 Å². The molecule has 0 spiro atoms. The van der Waals surface area contributed by atoms with Gasteiger partial charge in [0.2, 0.25) is 4.96 Å². The van der Waals surface area contributed by atoms with E-state index in [0.29, 0.717) is 0 Å². The smallest absolute Gasteiger partial charge is 0.187 e. The molecule has 0 unspecified atom stereocenters. The molecule has 0 radical (unpaired) electrons. The Morgan fingerprint density at radius 2 is 2.25 bits per heavy atom. The van der Waals surface area contributed by atoms with Crippen LogP contribution in [0, 0.1) is 6.92 Å². The van der Waals surface area contributed by atoms with Gasteiger partial charge in [0, 0.05) is 4.88 Å². The van der Waals surface area contributed by atoms with Gasteiger partial charge in [-0.1, -0.05) is 17.4 Å². The summed E-state index contributed by atoms with van der Waals surface area (Å²) in [4.78, 5) is 2.06. The molecule has 0 N–H and O–H groups in total. The number of thiophene rings is 1. The maximum atomic E-state index is 4.40. The molecular weight excluding hydrogens is 240 g/mol. The highest BCUT2D eigenvalue weighted by Crippen LogP contribution is 2.17. The van der Waals surface area contributed by atoms with Crippen molar-refractivity contribution in [2.75, 3.05) is 0 Å². The zero-order valence-corrected chi connectivity index (χ0v) is 10.1. The molecule has 0 amide bonds. The van der Waals surface area contributed by atoms with Crippen LogP contribution in [0.4, 0.5) is 0 Å². The number of aryl methyl sites for hydroxylation is 1. The molecule has 0 aliphatic rings. The monoisotopic (exact) mass is 248 g/mol. The largest absolute Gasteiger partial charge is 0.234 e. The van der Waals surface area contributed by atoms with Crippen molar-refractivity contribution in [2.24, 2.45) is 0 Å². The fraction of sp³-hybridized carbons (Fsp3) is 0.100. The van der Waals surface area contributed by atoms with Crippen molar-refractivity contribution in [1.29, 1.82) is 0 Å². The quantitative estimate of drug-likeness (QED) is 0.700. The van der Waals surface area contributed by atoms with Gasteiger partial charge in [-0.3, -0.25) is 0 Å². The molecule has 0 saturated carbocycles. The van der Waals surface area contributed by atoms with Crippen molar-refractivity contribution in [3.63, 3.8) is 0 Å². The lowest BCUT2D eigenvalue weighted by atomic mass is 10.4. The third-order valence-corrected chi connectivity index (χ3v) is 3.80. The zero-order valence-electron chi connectivity index (χ0n) is 8.49. The Kier molecular flexibility index (Phi) is 2.30. The van der Waals surface area contributed by atoms with Gasteiger partial charge in [-0.15, -0.1) is 21.5 Å². The maximum Gasteiger partial charge on any atom is 0.234 e. The predicted octanol–water partition coefficient (Wildman–Crippen LogP) is 2.73. The highest BCUT2D eigenvalue weighted by Gasteiger charge is 2.05. The van der Waals surface area contributed by atoms with E-state index < -0.39 is 0 Å². The SMILES string of the molecule is Cc1nnc2sc(C=Cc3cccs3)nn12. The Morgan fingerprint density at radius 3 is 3.00 bits per heavy atom. The lowest BCUT2D eigenvalue weighted by Gasteiger charge is -1.83. The van der Waals surface area contributed by atoms with Gasteiger partial charge in [-0.25, -0.2) is 0 Å². The van der Waals surface area contributed by atoms with E-state index >= 15 is 0 Å². The first-order valence-corrected chi connectivity index (χ1v) is 6.43. The summed E-state index contributed by atoms with van der Waals surface area (Å²) in [5.41, 5.74) is 0. The first-order valence-electron chi connectivity index (χ1n) is 4.73. The predicted molar refractivity (Wildman–Crippen MR) is 66.6 cm³/mol. The average molecular weight is 248 g/mol. The molecule has 0 fully saturated rings. The molecule has 3 rings (SSSR count). The van der Waals surface area contributed by atoms with Gasteiger partial charge < -0.3 is 0 Å². The number of rotatable bonds is 2. The molecule has 0 aliphatic heterocycles. The van der Waals surface area contributed by atoms with Crippen LogP contribution in [0.2, 0.25) is 0 Å². The number of hydrogen-bond acceptors (Lipinski definition) is 5. The molecule has 0 bridgehead atoms. The van der Waals surface area contributed by atoms with E-state index in [2.05, 4.69) is 32.8 Å². The van der Waals surface area contributed by atoms with Gasteiger partial charge in [0.05, 0.1) is 0 Å². The fourth-order valence-electron chi connectivity index (χ4n) is 1.34. The molecule has 6 heteroatoms. The molecule has 0 aliphatic carbocycles. The third kappa shape index (κ3) is 1.66. The summed E-state index contributed by atoms with van der Waals surface area (Å²) in [6, 6.07) is 4.11.